The summed E-state index contributed by atoms with van der Waals surface area (Å²) in [7, 11) is 0. The van der Waals surface area contributed by atoms with Crippen molar-refractivity contribution in [1.82, 2.24) is 0 Å². The van der Waals surface area contributed by atoms with Crippen molar-refractivity contribution in [3.05, 3.63) is 35.6 Å². The molecule has 1 unspecified atom stereocenters. The lowest BCUT2D eigenvalue weighted by molar-refractivity contribution is -0.0343. The summed E-state index contributed by atoms with van der Waals surface area (Å²) in [6, 6.07) is 5.85. The molecule has 0 radical (unpaired) electrons. The van der Waals surface area contributed by atoms with Gasteiger partial charge >= 0.3 is 0 Å². The van der Waals surface area contributed by atoms with Crippen LogP contribution in [-0.2, 0) is 9.57 Å². The lowest BCUT2D eigenvalue weighted by Crippen LogP contribution is -2.22. The van der Waals surface area contributed by atoms with Crippen molar-refractivity contribution in [3.63, 3.8) is 0 Å². The fourth-order valence-corrected chi connectivity index (χ4v) is 1.13. The van der Waals surface area contributed by atoms with Gasteiger partial charge in [-0.25, -0.2) is 4.39 Å². The summed E-state index contributed by atoms with van der Waals surface area (Å²) >= 11 is 0. The molecule has 0 aromatic heterocycles. The summed E-state index contributed by atoms with van der Waals surface area (Å²) in [5, 5.41) is 13.1. The molecule has 1 aromatic rings. The summed E-state index contributed by atoms with van der Waals surface area (Å²) in [5.74, 6) is -0.297. The minimum absolute atomic E-state index is 0.0599. The topological polar surface area (TPSA) is 51.0 Å². The zero-order chi connectivity index (χ0) is 13.4. The molecule has 0 aliphatic rings. The van der Waals surface area contributed by atoms with Gasteiger partial charge in [0.15, 0.2) is 0 Å². The van der Waals surface area contributed by atoms with Gasteiger partial charge in [-0.1, -0.05) is 17.3 Å². The Labute approximate surface area is 106 Å². The van der Waals surface area contributed by atoms with Crippen molar-refractivity contribution in [2.45, 2.75) is 26.1 Å². The number of aliphatic hydroxyl groups is 1. The maximum absolute atomic E-state index is 12.6. The number of hydrogen-bond donors (Lipinski definition) is 1. The molecule has 0 aliphatic carbocycles. The highest BCUT2D eigenvalue weighted by Crippen LogP contribution is 2.00. The molecule has 0 spiro atoms. The third-order valence-corrected chi connectivity index (χ3v) is 2.04. The molecule has 1 aromatic carbocycles. The van der Waals surface area contributed by atoms with Gasteiger partial charge in [0.2, 0.25) is 0 Å². The summed E-state index contributed by atoms with van der Waals surface area (Å²) in [4.78, 5) is 4.91. The second-order valence-corrected chi connectivity index (χ2v) is 4.12. The van der Waals surface area contributed by atoms with Crippen LogP contribution in [0.15, 0.2) is 29.4 Å². The molecule has 0 aliphatic heterocycles. The predicted molar refractivity (Wildman–Crippen MR) is 67.0 cm³/mol. The largest absolute Gasteiger partial charge is 0.393 e. The van der Waals surface area contributed by atoms with E-state index in [9.17, 15) is 9.50 Å². The number of nitrogens with zero attached hydrogens (tertiary/aromatic N) is 1. The van der Waals surface area contributed by atoms with Crippen molar-refractivity contribution >= 4 is 6.21 Å². The zero-order valence-electron chi connectivity index (χ0n) is 10.5. The number of oxime groups is 1. The molecule has 0 amide bonds. The molecule has 100 valence electrons. The Morgan fingerprint density at radius 1 is 1.28 bits per heavy atom. The average Bonchev–Trinajstić information content (AvgIpc) is 2.34. The molecule has 0 heterocycles. The van der Waals surface area contributed by atoms with Gasteiger partial charge in [-0.2, -0.15) is 0 Å². The number of hydrogen-bond acceptors (Lipinski definition) is 4. The van der Waals surface area contributed by atoms with E-state index in [1.165, 1.54) is 18.3 Å². The van der Waals surface area contributed by atoms with E-state index in [2.05, 4.69) is 5.16 Å². The predicted octanol–water partition coefficient (Wildman–Crippen LogP) is 1.96. The Morgan fingerprint density at radius 2 is 1.94 bits per heavy atom. The number of benzene rings is 1. The van der Waals surface area contributed by atoms with Crippen LogP contribution in [0, 0.1) is 5.82 Å². The van der Waals surface area contributed by atoms with E-state index in [0.717, 1.165) is 5.56 Å². The van der Waals surface area contributed by atoms with E-state index in [0.29, 0.717) is 0 Å². The van der Waals surface area contributed by atoms with Gasteiger partial charge in [-0.15, -0.1) is 0 Å². The molecule has 5 heteroatoms. The molecular formula is C13H18FNO3. The summed E-state index contributed by atoms with van der Waals surface area (Å²) in [5.41, 5.74) is 0.726. The van der Waals surface area contributed by atoms with Crippen molar-refractivity contribution in [3.8, 4) is 0 Å². The van der Waals surface area contributed by atoms with Crippen LogP contribution < -0.4 is 0 Å². The van der Waals surface area contributed by atoms with Gasteiger partial charge in [0.05, 0.1) is 18.9 Å². The third kappa shape index (κ3) is 6.32. The fraction of sp³-hybridized carbons (Fsp3) is 0.462. The highest BCUT2D eigenvalue weighted by atomic mass is 19.1. The molecule has 0 saturated carbocycles. The van der Waals surface area contributed by atoms with Crippen molar-refractivity contribution in [2.75, 3.05) is 13.2 Å². The molecule has 18 heavy (non-hydrogen) atoms. The van der Waals surface area contributed by atoms with Crippen molar-refractivity contribution in [1.29, 1.82) is 0 Å². The first kappa shape index (κ1) is 14.6. The SMILES string of the molecule is CC(C)OCC(O)CO/N=C/c1ccc(F)cc1. The van der Waals surface area contributed by atoms with Gasteiger partial charge in [0.1, 0.15) is 18.5 Å². The Hall–Kier alpha value is -1.46. The first-order valence-corrected chi connectivity index (χ1v) is 5.78. The van der Waals surface area contributed by atoms with Crippen LogP contribution in [-0.4, -0.2) is 36.7 Å². The smallest absolute Gasteiger partial charge is 0.145 e. The zero-order valence-corrected chi connectivity index (χ0v) is 10.5. The van der Waals surface area contributed by atoms with Crippen LogP contribution in [0.1, 0.15) is 19.4 Å². The van der Waals surface area contributed by atoms with Crippen LogP contribution in [0.4, 0.5) is 4.39 Å². The number of aliphatic hydroxyl groups excluding tert-OH is 1. The third-order valence-electron chi connectivity index (χ3n) is 2.04. The summed E-state index contributed by atoms with van der Waals surface area (Å²) in [6.45, 7) is 4.05. The number of ether oxygens (including phenoxy) is 1. The van der Waals surface area contributed by atoms with E-state index >= 15 is 0 Å². The maximum atomic E-state index is 12.6. The van der Waals surface area contributed by atoms with E-state index in [1.807, 2.05) is 13.8 Å². The summed E-state index contributed by atoms with van der Waals surface area (Å²) in [6.07, 6.45) is 0.815. The highest BCUT2D eigenvalue weighted by molar-refractivity contribution is 5.78. The van der Waals surface area contributed by atoms with Crippen molar-refractivity contribution in [2.24, 2.45) is 5.16 Å². The lowest BCUT2D eigenvalue weighted by Gasteiger charge is -2.11. The highest BCUT2D eigenvalue weighted by Gasteiger charge is 2.05. The van der Waals surface area contributed by atoms with E-state index in [4.69, 9.17) is 9.57 Å². The first-order valence-electron chi connectivity index (χ1n) is 5.78. The van der Waals surface area contributed by atoms with Gasteiger partial charge in [0, 0.05) is 0 Å². The Balaban J connectivity index is 2.22. The minimum atomic E-state index is -0.710. The van der Waals surface area contributed by atoms with Crippen LogP contribution in [0.5, 0.6) is 0 Å². The molecule has 0 bridgehead atoms. The second-order valence-electron chi connectivity index (χ2n) is 4.12. The van der Waals surface area contributed by atoms with E-state index in [1.54, 1.807) is 12.1 Å². The first-order chi connectivity index (χ1) is 8.58. The number of rotatable bonds is 7. The van der Waals surface area contributed by atoms with E-state index < -0.39 is 6.10 Å². The quantitative estimate of drug-likeness (QED) is 0.598. The normalized spacial score (nSPS) is 13.2. The maximum Gasteiger partial charge on any atom is 0.145 e. The number of halogens is 1. The fourth-order valence-electron chi connectivity index (χ4n) is 1.13. The van der Waals surface area contributed by atoms with Gasteiger partial charge < -0.3 is 14.7 Å². The standard InChI is InChI=1S/C13H18FNO3/c1-10(2)17-8-13(16)9-18-15-7-11-3-5-12(14)6-4-11/h3-7,10,13,16H,8-9H2,1-2H3/b15-7+. The Morgan fingerprint density at radius 3 is 2.56 bits per heavy atom. The second kappa shape index (κ2) is 7.79. The van der Waals surface area contributed by atoms with Gasteiger partial charge in [-0.05, 0) is 31.5 Å². The summed E-state index contributed by atoms with van der Waals surface area (Å²) < 4.78 is 17.8. The molecule has 0 saturated heterocycles. The molecule has 4 nitrogen and oxygen atoms in total. The van der Waals surface area contributed by atoms with Crippen molar-refractivity contribution < 1.29 is 19.1 Å². The lowest BCUT2D eigenvalue weighted by atomic mass is 10.2. The average molecular weight is 255 g/mol. The molecule has 0 fully saturated rings. The van der Waals surface area contributed by atoms with Crippen LogP contribution in [0.25, 0.3) is 0 Å². The van der Waals surface area contributed by atoms with Gasteiger partial charge in [-0.3, -0.25) is 0 Å². The van der Waals surface area contributed by atoms with Crippen LogP contribution in [0.3, 0.4) is 0 Å². The Kier molecular flexibility index (Phi) is 6.32. The molecule has 1 N–H and O–H groups in total. The van der Waals surface area contributed by atoms with E-state index in [-0.39, 0.29) is 25.1 Å². The van der Waals surface area contributed by atoms with Gasteiger partial charge in [0.25, 0.3) is 0 Å². The monoisotopic (exact) mass is 255 g/mol. The molecule has 1 rings (SSSR count). The minimum Gasteiger partial charge on any atom is -0.393 e. The molecule has 1 atom stereocenters. The van der Waals surface area contributed by atoms with Crippen LogP contribution >= 0.6 is 0 Å². The Bertz CT molecular complexity index is 365. The van der Waals surface area contributed by atoms with Crippen LogP contribution in [0.2, 0.25) is 0 Å². The molecular weight excluding hydrogens is 237 g/mol.